The monoisotopic (exact) mass is 397 g/mol. The Bertz CT molecular complexity index is 1060. The summed E-state index contributed by atoms with van der Waals surface area (Å²) in [6.07, 6.45) is -0.0519. The van der Waals surface area contributed by atoms with Crippen LogP contribution >= 0.6 is 0 Å². The van der Waals surface area contributed by atoms with Gasteiger partial charge in [-0.3, -0.25) is 19.7 Å². The topological polar surface area (TPSA) is 90.5 Å². The Kier molecular flexibility index (Phi) is 4.59. The highest BCUT2D eigenvalue weighted by molar-refractivity contribution is 6.06. The molecule has 1 saturated heterocycles. The van der Waals surface area contributed by atoms with Crippen LogP contribution in [0.1, 0.15) is 35.7 Å². The molecule has 0 spiro atoms. The summed E-state index contributed by atoms with van der Waals surface area (Å²) in [5.74, 6) is -2.02. The van der Waals surface area contributed by atoms with Gasteiger partial charge in [0.15, 0.2) is 0 Å². The van der Waals surface area contributed by atoms with Crippen molar-refractivity contribution in [3.8, 4) is 0 Å². The second-order valence-electron chi connectivity index (χ2n) is 6.96. The van der Waals surface area contributed by atoms with E-state index in [9.17, 15) is 18.8 Å². The summed E-state index contributed by atoms with van der Waals surface area (Å²) in [5, 5.41) is 8.28. The number of nitrogens with one attached hydrogen (secondary N) is 3. The number of nitrogens with zero attached hydrogens (tertiary/aromatic N) is 1. The molecule has 2 aromatic carbocycles. The van der Waals surface area contributed by atoms with Gasteiger partial charge < -0.3 is 15.5 Å². The zero-order chi connectivity index (χ0) is 21.5. The van der Waals surface area contributed by atoms with Crippen molar-refractivity contribution >= 4 is 29.1 Å². The summed E-state index contributed by atoms with van der Waals surface area (Å²) in [4.78, 5) is 37.9. The first-order valence-corrected chi connectivity index (χ1v) is 9.31. The van der Waals surface area contributed by atoms with Crippen molar-refractivity contribution in [2.24, 2.45) is 0 Å². The summed E-state index contributed by atoms with van der Waals surface area (Å²) in [5.41, 5.74) is 2.91. The van der Waals surface area contributed by atoms with Crippen LogP contribution in [0.4, 0.5) is 15.8 Å². The van der Waals surface area contributed by atoms with E-state index in [0.717, 1.165) is 5.69 Å². The molecule has 0 bridgehead atoms. The molecule has 1 fully saturated rings. The van der Waals surface area contributed by atoms with Gasteiger partial charge in [0.05, 0.1) is 1.37 Å². The lowest BCUT2D eigenvalue weighted by molar-refractivity contribution is -0.136. The molecule has 1 unspecified atom stereocenters. The highest BCUT2D eigenvalue weighted by Gasteiger charge is 2.39. The first-order valence-electron chi connectivity index (χ1n) is 9.81. The third-order valence-electron chi connectivity index (χ3n) is 5.20. The fourth-order valence-electron chi connectivity index (χ4n) is 3.64. The Morgan fingerprint density at radius 1 is 1.28 bits per heavy atom. The third kappa shape index (κ3) is 3.53. The van der Waals surface area contributed by atoms with Crippen molar-refractivity contribution in [2.45, 2.75) is 31.9 Å². The number of imide groups is 1. The first-order chi connectivity index (χ1) is 14.3. The lowest BCUT2D eigenvalue weighted by Gasteiger charge is -2.29. The van der Waals surface area contributed by atoms with Gasteiger partial charge in [0.25, 0.3) is 5.91 Å². The molecule has 2 heterocycles. The van der Waals surface area contributed by atoms with E-state index in [0.29, 0.717) is 22.4 Å². The fourth-order valence-corrected chi connectivity index (χ4v) is 3.64. The molecule has 2 aliphatic heterocycles. The SMILES string of the molecule is [2H]C1(N2Cc3c(NCc4cc(NC)ccc4F)cccc3C2=O)CCC(=O)NC1=O. The van der Waals surface area contributed by atoms with Gasteiger partial charge in [0.2, 0.25) is 11.8 Å². The van der Waals surface area contributed by atoms with Crippen LogP contribution in [0.3, 0.4) is 0 Å². The number of carbonyl (C=O) groups is 3. The van der Waals surface area contributed by atoms with Gasteiger partial charge in [-0.05, 0) is 36.8 Å². The van der Waals surface area contributed by atoms with Crippen molar-refractivity contribution in [3.05, 3.63) is 58.9 Å². The molecule has 8 heteroatoms. The largest absolute Gasteiger partial charge is 0.388 e. The lowest BCUT2D eigenvalue weighted by Crippen LogP contribution is -2.52. The maximum absolute atomic E-state index is 14.1. The minimum Gasteiger partial charge on any atom is -0.388 e. The maximum Gasteiger partial charge on any atom is 0.255 e. The quantitative estimate of drug-likeness (QED) is 0.674. The first kappa shape index (κ1) is 17.7. The molecule has 0 aromatic heterocycles. The third-order valence-corrected chi connectivity index (χ3v) is 5.20. The van der Waals surface area contributed by atoms with Crippen LogP contribution in [0.25, 0.3) is 0 Å². The van der Waals surface area contributed by atoms with Crippen LogP contribution in [-0.2, 0) is 22.7 Å². The summed E-state index contributed by atoms with van der Waals surface area (Å²) >= 11 is 0. The molecular formula is C21H21FN4O3. The predicted molar refractivity (Wildman–Crippen MR) is 106 cm³/mol. The number of anilines is 2. The predicted octanol–water partition coefficient (Wildman–Crippen LogP) is 2.24. The standard InChI is InChI=1S/C21H21FN4O3/c1-23-13-5-6-16(22)12(9-13)10-24-17-4-2-3-14-15(17)11-26(21(14)29)18-7-8-19(27)25-20(18)28/h2-6,9,18,23-24H,7-8,10-11H2,1H3,(H,25,27,28)/i18D. The minimum atomic E-state index is -1.84. The number of fused-ring (bicyclic) bond motifs is 1. The molecule has 150 valence electrons. The Hall–Kier alpha value is -3.42. The van der Waals surface area contributed by atoms with Gasteiger partial charge >= 0.3 is 0 Å². The van der Waals surface area contributed by atoms with Crippen LogP contribution in [0, 0.1) is 5.82 Å². The number of carbonyl (C=O) groups excluding carboxylic acids is 3. The molecule has 0 radical (unpaired) electrons. The van der Waals surface area contributed by atoms with Crippen molar-refractivity contribution in [1.82, 2.24) is 10.2 Å². The van der Waals surface area contributed by atoms with Crippen LogP contribution in [0.15, 0.2) is 36.4 Å². The van der Waals surface area contributed by atoms with Gasteiger partial charge in [-0.25, -0.2) is 4.39 Å². The summed E-state index contributed by atoms with van der Waals surface area (Å²) in [6, 6.07) is 8.00. The number of hydrogen-bond acceptors (Lipinski definition) is 5. The molecular weight excluding hydrogens is 375 g/mol. The van der Waals surface area contributed by atoms with Crippen molar-refractivity contribution in [2.75, 3.05) is 17.7 Å². The summed E-state index contributed by atoms with van der Waals surface area (Å²) < 4.78 is 22.7. The Balaban J connectivity index is 1.58. The van der Waals surface area contributed by atoms with E-state index >= 15 is 0 Å². The van der Waals surface area contributed by atoms with Gasteiger partial charge in [-0.15, -0.1) is 0 Å². The molecule has 29 heavy (non-hydrogen) atoms. The van der Waals surface area contributed by atoms with Crippen LogP contribution in [-0.4, -0.2) is 35.7 Å². The van der Waals surface area contributed by atoms with E-state index in [-0.39, 0.29) is 31.7 Å². The molecule has 2 aliphatic rings. The van der Waals surface area contributed by atoms with Gasteiger partial charge in [0.1, 0.15) is 11.8 Å². The normalized spacial score (nSPS) is 21.5. The van der Waals surface area contributed by atoms with Gasteiger partial charge in [-0.2, -0.15) is 0 Å². The molecule has 2 aromatic rings. The number of rotatable bonds is 5. The number of hydrogen-bond donors (Lipinski definition) is 3. The van der Waals surface area contributed by atoms with Crippen molar-refractivity contribution < 1.29 is 20.1 Å². The summed E-state index contributed by atoms with van der Waals surface area (Å²) in [6.45, 7) is 0.258. The average Bonchev–Trinajstić information content (AvgIpc) is 3.08. The average molecular weight is 397 g/mol. The number of piperidine rings is 1. The highest BCUT2D eigenvalue weighted by Crippen LogP contribution is 2.32. The van der Waals surface area contributed by atoms with Crippen LogP contribution in [0.5, 0.6) is 0 Å². The smallest absolute Gasteiger partial charge is 0.255 e. The molecule has 1 atom stereocenters. The maximum atomic E-state index is 14.1. The van der Waals surface area contributed by atoms with E-state index in [1.807, 2.05) is 0 Å². The molecule has 0 aliphatic carbocycles. The molecule has 3 amide bonds. The Morgan fingerprint density at radius 3 is 2.86 bits per heavy atom. The zero-order valence-electron chi connectivity index (χ0n) is 16.8. The minimum absolute atomic E-state index is 0.00154. The van der Waals surface area contributed by atoms with Crippen molar-refractivity contribution in [3.63, 3.8) is 0 Å². The zero-order valence-corrected chi connectivity index (χ0v) is 15.8. The van der Waals surface area contributed by atoms with E-state index in [1.165, 1.54) is 11.0 Å². The van der Waals surface area contributed by atoms with Crippen molar-refractivity contribution in [1.29, 1.82) is 0 Å². The van der Waals surface area contributed by atoms with E-state index < -0.39 is 23.7 Å². The van der Waals surface area contributed by atoms with Gasteiger partial charge in [0, 0.05) is 54.6 Å². The summed E-state index contributed by atoms with van der Waals surface area (Å²) in [7, 11) is 1.75. The molecule has 7 nitrogen and oxygen atoms in total. The second-order valence-corrected chi connectivity index (χ2v) is 6.96. The van der Waals surface area contributed by atoms with E-state index in [1.54, 1.807) is 37.4 Å². The van der Waals surface area contributed by atoms with Crippen LogP contribution in [0.2, 0.25) is 0 Å². The number of halogens is 1. The van der Waals surface area contributed by atoms with Crippen LogP contribution < -0.4 is 16.0 Å². The second kappa shape index (κ2) is 7.54. The number of benzene rings is 2. The molecule has 0 saturated carbocycles. The Morgan fingerprint density at radius 2 is 2.10 bits per heavy atom. The van der Waals surface area contributed by atoms with E-state index in [2.05, 4.69) is 16.0 Å². The molecule has 3 N–H and O–H groups in total. The molecule has 4 rings (SSSR count). The highest BCUT2D eigenvalue weighted by atomic mass is 19.1. The van der Waals surface area contributed by atoms with Gasteiger partial charge in [-0.1, -0.05) is 6.07 Å². The number of amides is 3. The fraction of sp³-hybridized carbons (Fsp3) is 0.286. The van der Waals surface area contributed by atoms with E-state index in [4.69, 9.17) is 1.37 Å². The Labute approximate surface area is 168 Å². The lowest BCUT2D eigenvalue weighted by atomic mass is 10.0.